The van der Waals surface area contributed by atoms with Crippen LogP contribution in [-0.4, -0.2) is 31.6 Å². The van der Waals surface area contributed by atoms with Crippen molar-refractivity contribution < 1.29 is 18.7 Å². The molecule has 172 valence electrons. The number of hydrogen-bond donors (Lipinski definition) is 0. The summed E-state index contributed by atoms with van der Waals surface area (Å²) in [5, 5.41) is 0.495. The van der Waals surface area contributed by atoms with E-state index in [-0.39, 0.29) is 17.1 Å². The summed E-state index contributed by atoms with van der Waals surface area (Å²) in [5.41, 5.74) is 3.51. The Balaban J connectivity index is 1.58. The third kappa shape index (κ3) is 3.61. The van der Waals surface area contributed by atoms with Gasteiger partial charge in [-0.15, -0.1) is 0 Å². The Kier molecular flexibility index (Phi) is 5.57. The van der Waals surface area contributed by atoms with Crippen molar-refractivity contribution in [2.75, 3.05) is 20.8 Å². The van der Waals surface area contributed by atoms with Crippen LogP contribution in [-0.2, 0) is 6.42 Å². The number of hydrogen-bond acceptors (Lipinski definition) is 5. The van der Waals surface area contributed by atoms with Crippen molar-refractivity contribution in [2.45, 2.75) is 19.4 Å². The van der Waals surface area contributed by atoms with Crippen molar-refractivity contribution in [2.24, 2.45) is 0 Å². The van der Waals surface area contributed by atoms with Crippen molar-refractivity contribution in [1.82, 2.24) is 4.90 Å². The molecule has 0 N–H and O–H groups in total. The molecule has 1 atom stereocenters. The highest BCUT2D eigenvalue weighted by Crippen LogP contribution is 2.38. The summed E-state index contributed by atoms with van der Waals surface area (Å²) >= 11 is 0. The predicted molar refractivity (Wildman–Crippen MR) is 130 cm³/mol. The Morgan fingerprint density at radius 2 is 1.68 bits per heavy atom. The Labute approximate surface area is 197 Å². The third-order valence-corrected chi connectivity index (χ3v) is 6.33. The van der Waals surface area contributed by atoms with Crippen LogP contribution in [0.3, 0.4) is 0 Å². The minimum absolute atomic E-state index is 0.127. The van der Waals surface area contributed by atoms with Crippen LogP contribution in [0.25, 0.3) is 11.0 Å². The number of carbonyl (C=O) groups is 1. The highest BCUT2D eigenvalue weighted by atomic mass is 16.5. The molecule has 1 aromatic heterocycles. The molecular formula is C28H25NO5. The molecule has 6 nitrogen and oxygen atoms in total. The van der Waals surface area contributed by atoms with Gasteiger partial charge in [0.2, 0.25) is 5.76 Å². The van der Waals surface area contributed by atoms with E-state index in [9.17, 15) is 9.59 Å². The quantitative estimate of drug-likeness (QED) is 0.413. The van der Waals surface area contributed by atoms with Gasteiger partial charge in [0.25, 0.3) is 5.91 Å². The van der Waals surface area contributed by atoms with Crippen molar-refractivity contribution in [1.29, 1.82) is 0 Å². The number of benzene rings is 3. The number of aryl methyl sites for hydroxylation is 1. The highest BCUT2D eigenvalue weighted by molar-refractivity contribution is 5.99. The lowest BCUT2D eigenvalue weighted by molar-refractivity contribution is 0.0730. The van der Waals surface area contributed by atoms with Crippen LogP contribution in [0, 0.1) is 6.92 Å². The molecule has 3 aromatic carbocycles. The fourth-order valence-electron chi connectivity index (χ4n) is 4.63. The zero-order valence-electron chi connectivity index (χ0n) is 19.3. The third-order valence-electron chi connectivity index (χ3n) is 6.33. The van der Waals surface area contributed by atoms with Gasteiger partial charge in [0.15, 0.2) is 16.9 Å². The van der Waals surface area contributed by atoms with Gasteiger partial charge in [0.1, 0.15) is 5.58 Å². The first-order valence-electron chi connectivity index (χ1n) is 11.2. The molecule has 0 aliphatic carbocycles. The van der Waals surface area contributed by atoms with Gasteiger partial charge in [0.05, 0.1) is 31.2 Å². The Morgan fingerprint density at radius 3 is 2.41 bits per heavy atom. The summed E-state index contributed by atoms with van der Waals surface area (Å²) in [6.07, 6.45) is 0.580. The van der Waals surface area contributed by atoms with Crippen molar-refractivity contribution in [3.8, 4) is 11.5 Å². The van der Waals surface area contributed by atoms with Crippen LogP contribution >= 0.6 is 0 Å². The molecule has 5 rings (SSSR count). The smallest absolute Gasteiger partial charge is 0.290 e. The topological polar surface area (TPSA) is 69.0 Å². The average molecular weight is 456 g/mol. The first-order chi connectivity index (χ1) is 16.5. The van der Waals surface area contributed by atoms with Crippen LogP contribution in [0.1, 0.15) is 38.9 Å². The SMILES string of the molecule is COc1ccc(CCN2C(=O)c3oc4ccc(C)cc4c(=O)c3[C@H]2c2ccccc2)cc1OC. The van der Waals surface area contributed by atoms with Crippen LogP contribution in [0.15, 0.2) is 75.9 Å². The lowest BCUT2D eigenvalue weighted by Gasteiger charge is -2.25. The fraction of sp³-hybridized carbons (Fsp3) is 0.214. The van der Waals surface area contributed by atoms with E-state index in [4.69, 9.17) is 13.9 Å². The summed E-state index contributed by atoms with van der Waals surface area (Å²) in [5.74, 6) is 1.13. The highest BCUT2D eigenvalue weighted by Gasteiger charge is 2.42. The number of ether oxygens (including phenoxy) is 2. The van der Waals surface area contributed by atoms with E-state index in [1.807, 2.05) is 67.6 Å². The normalized spacial score (nSPS) is 15.0. The molecule has 1 amide bonds. The van der Waals surface area contributed by atoms with E-state index in [0.29, 0.717) is 41.0 Å². The van der Waals surface area contributed by atoms with Crippen LogP contribution in [0.5, 0.6) is 11.5 Å². The van der Waals surface area contributed by atoms with Gasteiger partial charge in [-0.05, 0) is 48.7 Å². The van der Waals surface area contributed by atoms with E-state index in [0.717, 1.165) is 16.7 Å². The molecule has 1 aliphatic heterocycles. The second kappa shape index (κ2) is 8.71. The number of amides is 1. The number of nitrogens with zero attached hydrogens (tertiary/aromatic N) is 1. The maximum atomic E-state index is 13.6. The second-order valence-electron chi connectivity index (χ2n) is 8.42. The largest absolute Gasteiger partial charge is 0.493 e. The Morgan fingerprint density at radius 1 is 0.912 bits per heavy atom. The lowest BCUT2D eigenvalue weighted by Crippen LogP contribution is -2.31. The van der Waals surface area contributed by atoms with Crippen molar-refractivity contribution in [3.63, 3.8) is 0 Å². The minimum Gasteiger partial charge on any atom is -0.493 e. The van der Waals surface area contributed by atoms with Crippen LogP contribution in [0.2, 0.25) is 0 Å². The van der Waals surface area contributed by atoms with Gasteiger partial charge in [-0.25, -0.2) is 0 Å². The van der Waals surface area contributed by atoms with E-state index < -0.39 is 6.04 Å². The molecule has 2 heterocycles. The van der Waals surface area contributed by atoms with Gasteiger partial charge in [-0.2, -0.15) is 0 Å². The number of rotatable bonds is 6. The first kappa shape index (κ1) is 21.8. The van der Waals surface area contributed by atoms with Crippen LogP contribution in [0.4, 0.5) is 0 Å². The predicted octanol–water partition coefficient (Wildman–Crippen LogP) is 4.91. The standard InChI is InChI=1S/C28H25NO5/c1-17-9-11-21-20(15-17)26(30)24-25(19-7-5-4-6-8-19)29(28(31)27(24)34-21)14-13-18-10-12-22(32-2)23(16-18)33-3/h4-12,15-16,25H,13-14H2,1-3H3/t25-/m1/s1. The zero-order chi connectivity index (χ0) is 23.8. The summed E-state index contributed by atoms with van der Waals surface area (Å²) in [6, 6.07) is 20.3. The minimum atomic E-state index is -0.509. The fourth-order valence-corrected chi connectivity index (χ4v) is 4.63. The molecule has 6 heteroatoms. The average Bonchev–Trinajstić information content (AvgIpc) is 3.15. The summed E-state index contributed by atoms with van der Waals surface area (Å²) in [7, 11) is 3.19. The van der Waals surface area contributed by atoms with Crippen molar-refractivity contribution in [3.05, 3.63) is 105 Å². The molecule has 0 unspecified atom stereocenters. The maximum Gasteiger partial charge on any atom is 0.290 e. The molecule has 0 spiro atoms. The van der Waals surface area contributed by atoms with Gasteiger partial charge < -0.3 is 18.8 Å². The second-order valence-corrected chi connectivity index (χ2v) is 8.42. The summed E-state index contributed by atoms with van der Waals surface area (Å²) in [4.78, 5) is 28.9. The summed E-state index contributed by atoms with van der Waals surface area (Å²) in [6.45, 7) is 2.34. The Bertz CT molecular complexity index is 1440. The molecule has 1 aliphatic rings. The Hall–Kier alpha value is -4.06. The molecule has 0 radical (unpaired) electrons. The molecule has 4 aromatic rings. The molecule has 0 bridgehead atoms. The molecule has 0 saturated heterocycles. The number of carbonyl (C=O) groups excluding carboxylic acids is 1. The van der Waals surface area contributed by atoms with Gasteiger partial charge in [-0.3, -0.25) is 9.59 Å². The number of fused-ring (bicyclic) bond motifs is 2. The molecule has 0 fully saturated rings. The van der Waals surface area contributed by atoms with Crippen molar-refractivity contribution >= 4 is 16.9 Å². The molecular weight excluding hydrogens is 430 g/mol. The van der Waals surface area contributed by atoms with Gasteiger partial charge in [0, 0.05) is 6.54 Å². The first-order valence-corrected chi connectivity index (χ1v) is 11.2. The van der Waals surface area contributed by atoms with E-state index in [1.54, 1.807) is 25.2 Å². The van der Waals surface area contributed by atoms with Gasteiger partial charge >= 0.3 is 0 Å². The maximum absolute atomic E-state index is 13.6. The van der Waals surface area contributed by atoms with E-state index >= 15 is 0 Å². The number of methoxy groups -OCH3 is 2. The van der Waals surface area contributed by atoms with E-state index in [2.05, 4.69) is 0 Å². The van der Waals surface area contributed by atoms with Gasteiger partial charge in [-0.1, -0.05) is 48.0 Å². The monoisotopic (exact) mass is 455 g/mol. The molecule has 34 heavy (non-hydrogen) atoms. The van der Waals surface area contributed by atoms with E-state index in [1.165, 1.54) is 0 Å². The summed E-state index contributed by atoms with van der Waals surface area (Å²) < 4.78 is 16.8. The zero-order valence-corrected chi connectivity index (χ0v) is 19.3. The lowest BCUT2D eigenvalue weighted by atomic mass is 9.98. The van der Waals surface area contributed by atoms with Crippen LogP contribution < -0.4 is 14.9 Å². The molecule has 0 saturated carbocycles.